The molecule has 3 rings (SSSR count). The van der Waals surface area contributed by atoms with Gasteiger partial charge in [0.25, 0.3) is 0 Å². The zero-order chi connectivity index (χ0) is 21.7. The lowest BCUT2D eigenvalue weighted by atomic mass is 10.2. The van der Waals surface area contributed by atoms with Gasteiger partial charge in [0.15, 0.2) is 28.8 Å². The molecule has 0 aliphatic carbocycles. The lowest BCUT2D eigenvalue weighted by molar-refractivity contribution is -0.132. The van der Waals surface area contributed by atoms with Crippen molar-refractivity contribution in [2.24, 2.45) is 5.10 Å². The number of hydrogen-bond donors (Lipinski definition) is 1. The van der Waals surface area contributed by atoms with Crippen LogP contribution in [0.15, 0.2) is 41.5 Å². The van der Waals surface area contributed by atoms with Gasteiger partial charge >= 0.3 is 5.97 Å². The number of benzene rings is 2. The Balaban J connectivity index is 1.95. The van der Waals surface area contributed by atoms with E-state index in [-0.39, 0.29) is 0 Å². The number of methoxy groups -OCH3 is 3. The number of nitrogens with zero attached hydrogens (tertiary/aromatic N) is 3. The Hall–Kier alpha value is -3.66. The van der Waals surface area contributed by atoms with E-state index in [1.54, 1.807) is 50.8 Å². The molecule has 0 radical (unpaired) electrons. The minimum absolute atomic E-state index is 0.319. The van der Waals surface area contributed by atoms with E-state index in [0.717, 1.165) is 5.56 Å². The molecule has 0 atom stereocenters. The highest BCUT2D eigenvalue weighted by molar-refractivity contribution is 7.71. The Labute approximate surface area is 177 Å². The smallest absolute Gasteiger partial charge is 0.308 e. The second-order valence-corrected chi connectivity index (χ2v) is 6.37. The SMILES string of the molecule is COc1ccc(-c2n[nH]c(=S)n2N=Cc2ccc(OC(C)=O)c(OC)c2)cc1OC. The highest BCUT2D eigenvalue weighted by atomic mass is 32.1. The highest BCUT2D eigenvalue weighted by Gasteiger charge is 2.12. The number of H-pyrrole nitrogens is 1. The van der Waals surface area contributed by atoms with E-state index in [4.69, 9.17) is 31.2 Å². The van der Waals surface area contributed by atoms with Crippen molar-refractivity contribution in [3.8, 4) is 34.4 Å². The molecule has 0 bridgehead atoms. The number of aromatic amines is 1. The summed E-state index contributed by atoms with van der Waals surface area (Å²) >= 11 is 5.31. The maximum absolute atomic E-state index is 11.2. The Morgan fingerprint density at radius 2 is 1.70 bits per heavy atom. The standard InChI is InChI=1S/C20H20N4O5S/c1-12(25)29-16-7-5-13(9-17(16)27-3)11-21-24-19(22-23-20(24)30)14-6-8-15(26-2)18(10-14)28-4/h5-11H,1-4H3,(H,23,30). The molecular weight excluding hydrogens is 408 g/mol. The third-order valence-corrected chi connectivity index (χ3v) is 4.32. The van der Waals surface area contributed by atoms with Crippen LogP contribution in [0, 0.1) is 4.77 Å². The number of hydrogen-bond acceptors (Lipinski definition) is 8. The normalized spacial score (nSPS) is 10.8. The zero-order valence-corrected chi connectivity index (χ0v) is 17.6. The summed E-state index contributed by atoms with van der Waals surface area (Å²) in [5.74, 6) is 1.97. The largest absolute Gasteiger partial charge is 0.493 e. The molecule has 0 spiro atoms. The predicted octanol–water partition coefficient (Wildman–Crippen LogP) is 3.44. The topological polar surface area (TPSA) is 100.0 Å². The molecule has 3 aromatic rings. The van der Waals surface area contributed by atoms with Gasteiger partial charge in [0.05, 0.1) is 27.5 Å². The summed E-state index contributed by atoms with van der Waals surface area (Å²) in [7, 11) is 4.62. The van der Waals surface area contributed by atoms with Gasteiger partial charge in [-0.1, -0.05) is 0 Å². The highest BCUT2D eigenvalue weighted by Crippen LogP contribution is 2.32. The number of ether oxygens (including phenoxy) is 4. The van der Waals surface area contributed by atoms with Crippen LogP contribution >= 0.6 is 12.2 Å². The molecule has 9 nitrogen and oxygen atoms in total. The van der Waals surface area contributed by atoms with Crippen molar-refractivity contribution in [1.82, 2.24) is 14.9 Å². The fraction of sp³-hybridized carbons (Fsp3) is 0.200. The van der Waals surface area contributed by atoms with Crippen molar-refractivity contribution >= 4 is 24.4 Å². The minimum Gasteiger partial charge on any atom is -0.493 e. The third kappa shape index (κ3) is 4.49. The van der Waals surface area contributed by atoms with Crippen LogP contribution in [-0.4, -0.2) is 48.4 Å². The van der Waals surface area contributed by atoms with Gasteiger partial charge in [0, 0.05) is 12.5 Å². The van der Waals surface area contributed by atoms with Gasteiger partial charge in [0.1, 0.15) is 0 Å². The van der Waals surface area contributed by atoms with Crippen LogP contribution in [0.5, 0.6) is 23.0 Å². The van der Waals surface area contributed by atoms with Crippen molar-refractivity contribution in [2.45, 2.75) is 6.92 Å². The van der Waals surface area contributed by atoms with Gasteiger partial charge < -0.3 is 18.9 Å². The van der Waals surface area contributed by atoms with Crippen LogP contribution in [0.4, 0.5) is 0 Å². The van der Waals surface area contributed by atoms with Gasteiger partial charge in [-0.2, -0.15) is 14.9 Å². The molecule has 0 aliphatic rings. The van der Waals surface area contributed by atoms with E-state index in [1.807, 2.05) is 6.07 Å². The van der Waals surface area contributed by atoms with Crippen LogP contribution in [0.3, 0.4) is 0 Å². The van der Waals surface area contributed by atoms with Crippen molar-refractivity contribution < 1.29 is 23.7 Å². The molecule has 0 unspecified atom stereocenters. The van der Waals surface area contributed by atoms with E-state index in [9.17, 15) is 4.79 Å². The summed E-state index contributed by atoms with van der Waals surface area (Å²) in [5, 5.41) is 11.4. The molecule has 2 aromatic carbocycles. The van der Waals surface area contributed by atoms with Crippen LogP contribution in [0.25, 0.3) is 11.4 Å². The van der Waals surface area contributed by atoms with Crippen molar-refractivity contribution in [3.63, 3.8) is 0 Å². The average Bonchev–Trinajstić information content (AvgIpc) is 3.12. The summed E-state index contributed by atoms with van der Waals surface area (Å²) in [6, 6.07) is 10.5. The molecule has 0 amide bonds. The maximum atomic E-state index is 11.2. The molecule has 10 heteroatoms. The zero-order valence-electron chi connectivity index (χ0n) is 16.8. The summed E-state index contributed by atoms with van der Waals surface area (Å²) in [5.41, 5.74) is 1.45. The molecule has 30 heavy (non-hydrogen) atoms. The lowest BCUT2D eigenvalue weighted by Gasteiger charge is -2.09. The number of carbonyl (C=O) groups is 1. The van der Waals surface area contributed by atoms with Gasteiger partial charge in [0.2, 0.25) is 4.77 Å². The molecule has 0 fully saturated rings. The van der Waals surface area contributed by atoms with Crippen LogP contribution < -0.4 is 18.9 Å². The Kier molecular flexibility index (Phi) is 6.48. The Bertz CT molecular complexity index is 1150. The fourth-order valence-electron chi connectivity index (χ4n) is 2.69. The molecule has 0 aliphatic heterocycles. The van der Waals surface area contributed by atoms with E-state index in [1.165, 1.54) is 18.7 Å². The number of rotatable bonds is 7. The molecule has 0 saturated heterocycles. The summed E-state index contributed by atoms with van der Waals surface area (Å²) in [6.07, 6.45) is 1.59. The summed E-state index contributed by atoms with van der Waals surface area (Å²) in [4.78, 5) is 11.2. The van der Waals surface area contributed by atoms with E-state index < -0.39 is 5.97 Å². The van der Waals surface area contributed by atoms with E-state index in [2.05, 4.69) is 15.3 Å². The lowest BCUT2D eigenvalue weighted by Crippen LogP contribution is -2.03. The second kappa shape index (κ2) is 9.23. The van der Waals surface area contributed by atoms with Crippen molar-refractivity contribution in [2.75, 3.05) is 21.3 Å². The molecule has 0 saturated carbocycles. The number of nitrogens with one attached hydrogen (secondary N) is 1. The first-order chi connectivity index (χ1) is 14.5. The first-order valence-electron chi connectivity index (χ1n) is 8.77. The number of esters is 1. The average molecular weight is 428 g/mol. The molecule has 1 aromatic heterocycles. The van der Waals surface area contributed by atoms with Crippen molar-refractivity contribution in [3.05, 3.63) is 46.7 Å². The predicted molar refractivity (Wildman–Crippen MR) is 113 cm³/mol. The minimum atomic E-state index is -0.431. The van der Waals surface area contributed by atoms with Crippen LogP contribution in [-0.2, 0) is 4.79 Å². The Morgan fingerprint density at radius 3 is 2.37 bits per heavy atom. The van der Waals surface area contributed by atoms with E-state index in [0.29, 0.717) is 39.2 Å². The summed E-state index contributed by atoms with van der Waals surface area (Å²) in [6.45, 7) is 1.32. The first-order valence-corrected chi connectivity index (χ1v) is 9.18. The van der Waals surface area contributed by atoms with Crippen LogP contribution in [0.2, 0.25) is 0 Å². The quantitative estimate of drug-likeness (QED) is 0.266. The number of carbonyl (C=O) groups excluding carboxylic acids is 1. The molecular formula is C20H20N4O5S. The van der Waals surface area contributed by atoms with Gasteiger partial charge in [-0.15, -0.1) is 0 Å². The van der Waals surface area contributed by atoms with Crippen LogP contribution in [0.1, 0.15) is 12.5 Å². The first kappa shape index (κ1) is 21.1. The van der Waals surface area contributed by atoms with E-state index >= 15 is 0 Å². The summed E-state index contributed by atoms with van der Waals surface area (Å²) < 4.78 is 22.8. The number of aromatic nitrogens is 3. The molecule has 1 N–H and O–H groups in total. The third-order valence-electron chi connectivity index (χ3n) is 4.06. The second-order valence-electron chi connectivity index (χ2n) is 5.98. The fourth-order valence-corrected chi connectivity index (χ4v) is 2.87. The van der Waals surface area contributed by atoms with Gasteiger partial charge in [-0.05, 0) is 54.2 Å². The monoisotopic (exact) mass is 428 g/mol. The molecule has 1 heterocycles. The van der Waals surface area contributed by atoms with Gasteiger partial charge in [-0.25, -0.2) is 5.10 Å². The maximum Gasteiger partial charge on any atom is 0.308 e. The Morgan fingerprint density at radius 1 is 1.03 bits per heavy atom. The van der Waals surface area contributed by atoms with Crippen molar-refractivity contribution in [1.29, 1.82) is 0 Å². The van der Waals surface area contributed by atoms with Gasteiger partial charge in [-0.3, -0.25) is 4.79 Å². The molecule has 156 valence electrons.